The standard InChI is InChI=1S/C16H17Cl2NO/c1-2-16(8-3-4-9-16)15(20)11(10-19)14-12(17)6-5-7-13(14)18/h5-7,11H,2-4,8-9H2,1H3. The number of halogens is 2. The summed E-state index contributed by atoms with van der Waals surface area (Å²) in [5.41, 5.74) is 0.0890. The first-order valence-corrected chi connectivity index (χ1v) is 7.69. The highest BCUT2D eigenvalue weighted by Crippen LogP contribution is 2.46. The van der Waals surface area contributed by atoms with Crippen molar-refractivity contribution in [2.75, 3.05) is 0 Å². The van der Waals surface area contributed by atoms with E-state index in [4.69, 9.17) is 23.2 Å². The van der Waals surface area contributed by atoms with Gasteiger partial charge in [-0.2, -0.15) is 5.26 Å². The third-order valence-electron chi connectivity index (χ3n) is 4.44. The van der Waals surface area contributed by atoms with Crippen LogP contribution in [-0.2, 0) is 4.79 Å². The van der Waals surface area contributed by atoms with E-state index >= 15 is 0 Å². The Kier molecular flexibility index (Phi) is 4.73. The molecule has 0 aromatic heterocycles. The van der Waals surface area contributed by atoms with Gasteiger partial charge in [0.25, 0.3) is 0 Å². The lowest BCUT2D eigenvalue weighted by molar-refractivity contribution is -0.129. The minimum Gasteiger partial charge on any atom is -0.297 e. The van der Waals surface area contributed by atoms with E-state index in [2.05, 4.69) is 6.07 Å². The Balaban J connectivity index is 2.43. The van der Waals surface area contributed by atoms with Gasteiger partial charge in [0.15, 0.2) is 5.78 Å². The van der Waals surface area contributed by atoms with Crippen LogP contribution in [0.5, 0.6) is 0 Å². The van der Waals surface area contributed by atoms with E-state index in [0.717, 1.165) is 32.1 Å². The Morgan fingerprint density at radius 3 is 2.35 bits per heavy atom. The lowest BCUT2D eigenvalue weighted by atomic mass is 9.73. The van der Waals surface area contributed by atoms with Gasteiger partial charge >= 0.3 is 0 Å². The van der Waals surface area contributed by atoms with Crippen molar-refractivity contribution in [1.82, 2.24) is 0 Å². The molecular formula is C16H17Cl2NO. The van der Waals surface area contributed by atoms with Crippen LogP contribution in [0, 0.1) is 16.7 Å². The molecule has 1 fully saturated rings. The van der Waals surface area contributed by atoms with Crippen LogP contribution < -0.4 is 0 Å². The summed E-state index contributed by atoms with van der Waals surface area (Å²) in [5, 5.41) is 10.3. The SMILES string of the molecule is CCC1(C(=O)C(C#N)c2c(Cl)cccc2Cl)CCCC1. The zero-order chi connectivity index (χ0) is 14.8. The van der Waals surface area contributed by atoms with E-state index in [1.54, 1.807) is 18.2 Å². The first-order chi connectivity index (χ1) is 9.55. The molecule has 2 rings (SSSR count). The van der Waals surface area contributed by atoms with Gasteiger partial charge < -0.3 is 0 Å². The highest BCUT2D eigenvalue weighted by atomic mass is 35.5. The molecule has 0 spiro atoms. The lowest BCUT2D eigenvalue weighted by Crippen LogP contribution is -2.32. The summed E-state index contributed by atoms with van der Waals surface area (Å²) in [5.74, 6) is -0.885. The second-order valence-corrected chi connectivity index (χ2v) is 6.22. The van der Waals surface area contributed by atoms with Crippen molar-refractivity contribution in [3.63, 3.8) is 0 Å². The lowest BCUT2D eigenvalue weighted by Gasteiger charge is -2.28. The number of nitriles is 1. The van der Waals surface area contributed by atoms with Crippen molar-refractivity contribution < 1.29 is 4.79 Å². The maximum atomic E-state index is 12.9. The van der Waals surface area contributed by atoms with Crippen LogP contribution >= 0.6 is 23.2 Å². The summed E-state index contributed by atoms with van der Waals surface area (Å²) in [7, 11) is 0. The molecule has 4 heteroatoms. The molecule has 1 aliphatic carbocycles. The summed E-state index contributed by atoms with van der Waals surface area (Å²) in [4.78, 5) is 12.9. The molecule has 0 heterocycles. The van der Waals surface area contributed by atoms with Crippen LogP contribution in [0.3, 0.4) is 0 Å². The molecule has 0 saturated heterocycles. The van der Waals surface area contributed by atoms with Gasteiger partial charge in [0.1, 0.15) is 5.92 Å². The summed E-state index contributed by atoms with van der Waals surface area (Å²) in [6.45, 7) is 2.02. The third-order valence-corrected chi connectivity index (χ3v) is 5.10. The topological polar surface area (TPSA) is 40.9 Å². The Morgan fingerprint density at radius 1 is 1.35 bits per heavy atom. The Labute approximate surface area is 129 Å². The first-order valence-electron chi connectivity index (χ1n) is 6.93. The van der Waals surface area contributed by atoms with E-state index in [1.807, 2.05) is 6.92 Å². The predicted octanol–water partition coefficient (Wildman–Crippen LogP) is 5.14. The van der Waals surface area contributed by atoms with E-state index in [1.165, 1.54) is 0 Å². The zero-order valence-corrected chi connectivity index (χ0v) is 13.0. The second kappa shape index (κ2) is 6.16. The molecule has 0 radical (unpaired) electrons. The highest BCUT2D eigenvalue weighted by molar-refractivity contribution is 6.36. The minimum absolute atomic E-state index is 0.0185. The predicted molar refractivity (Wildman–Crippen MR) is 81.0 cm³/mol. The number of nitrogens with zero attached hydrogens (tertiary/aromatic N) is 1. The van der Waals surface area contributed by atoms with Crippen LogP contribution in [0.4, 0.5) is 0 Å². The number of carbonyl (C=O) groups is 1. The smallest absolute Gasteiger partial charge is 0.160 e. The van der Waals surface area contributed by atoms with Gasteiger partial charge in [-0.05, 0) is 31.4 Å². The van der Waals surface area contributed by atoms with Gasteiger partial charge in [0.2, 0.25) is 0 Å². The molecule has 1 saturated carbocycles. The Hall–Kier alpha value is -1.04. The van der Waals surface area contributed by atoms with Crippen molar-refractivity contribution in [3.05, 3.63) is 33.8 Å². The molecule has 1 aromatic carbocycles. The second-order valence-electron chi connectivity index (χ2n) is 5.40. The molecule has 106 valence electrons. The van der Waals surface area contributed by atoms with Gasteiger partial charge in [-0.3, -0.25) is 4.79 Å². The molecule has 1 aliphatic rings. The maximum absolute atomic E-state index is 12.9. The van der Waals surface area contributed by atoms with Gasteiger partial charge in [0, 0.05) is 21.0 Å². The Bertz CT molecular complexity index is 536. The fourth-order valence-electron chi connectivity index (χ4n) is 3.17. The number of Topliss-reactive ketones (excluding diaryl/α,β-unsaturated/α-hetero) is 1. The van der Waals surface area contributed by atoms with Crippen LogP contribution in [0.2, 0.25) is 10.0 Å². The summed E-state index contributed by atoms with van der Waals surface area (Å²) >= 11 is 12.3. The molecular weight excluding hydrogens is 293 g/mol. The molecule has 0 aliphatic heterocycles. The van der Waals surface area contributed by atoms with E-state index in [-0.39, 0.29) is 11.2 Å². The van der Waals surface area contributed by atoms with Crippen LogP contribution in [0.15, 0.2) is 18.2 Å². The van der Waals surface area contributed by atoms with Crippen LogP contribution in [0.1, 0.15) is 50.5 Å². The number of rotatable bonds is 4. The summed E-state index contributed by atoms with van der Waals surface area (Å²) < 4.78 is 0. The average Bonchev–Trinajstić information content (AvgIpc) is 2.92. The molecule has 20 heavy (non-hydrogen) atoms. The van der Waals surface area contributed by atoms with Gasteiger partial charge in [-0.25, -0.2) is 0 Å². The van der Waals surface area contributed by atoms with E-state index in [0.29, 0.717) is 15.6 Å². The van der Waals surface area contributed by atoms with E-state index < -0.39 is 5.92 Å². The highest BCUT2D eigenvalue weighted by Gasteiger charge is 2.43. The molecule has 1 aromatic rings. The van der Waals surface area contributed by atoms with Crippen LogP contribution in [0.25, 0.3) is 0 Å². The fraction of sp³-hybridized carbons (Fsp3) is 0.500. The van der Waals surface area contributed by atoms with Crippen LogP contribution in [-0.4, -0.2) is 5.78 Å². The van der Waals surface area contributed by atoms with Crippen molar-refractivity contribution in [1.29, 1.82) is 5.26 Å². The van der Waals surface area contributed by atoms with Crippen molar-refractivity contribution >= 4 is 29.0 Å². The number of ketones is 1. The summed E-state index contributed by atoms with van der Waals surface area (Å²) in [6.07, 6.45) is 4.60. The quantitative estimate of drug-likeness (QED) is 0.772. The molecule has 2 nitrogen and oxygen atoms in total. The zero-order valence-electron chi connectivity index (χ0n) is 11.5. The van der Waals surface area contributed by atoms with Crippen molar-refractivity contribution in [3.8, 4) is 6.07 Å². The Morgan fingerprint density at radius 2 is 1.90 bits per heavy atom. The number of carbonyl (C=O) groups excluding carboxylic acids is 1. The fourth-order valence-corrected chi connectivity index (χ4v) is 3.79. The van der Waals surface area contributed by atoms with Gasteiger partial charge in [-0.15, -0.1) is 0 Å². The van der Waals surface area contributed by atoms with Crippen molar-refractivity contribution in [2.45, 2.75) is 44.9 Å². The molecule has 1 atom stereocenters. The van der Waals surface area contributed by atoms with Gasteiger partial charge in [0.05, 0.1) is 6.07 Å². The first kappa shape index (κ1) is 15.4. The molecule has 0 bridgehead atoms. The normalized spacial score (nSPS) is 18.5. The maximum Gasteiger partial charge on any atom is 0.160 e. The monoisotopic (exact) mass is 309 g/mol. The number of hydrogen-bond donors (Lipinski definition) is 0. The molecule has 0 N–H and O–H groups in total. The average molecular weight is 310 g/mol. The number of benzene rings is 1. The van der Waals surface area contributed by atoms with Gasteiger partial charge in [-0.1, -0.05) is 49.0 Å². The third kappa shape index (κ3) is 2.57. The minimum atomic E-state index is -0.866. The molecule has 0 amide bonds. The van der Waals surface area contributed by atoms with Crippen molar-refractivity contribution in [2.24, 2.45) is 5.41 Å². The summed E-state index contributed by atoms with van der Waals surface area (Å²) in [6, 6.07) is 7.19. The van der Waals surface area contributed by atoms with E-state index in [9.17, 15) is 10.1 Å². The number of hydrogen-bond acceptors (Lipinski definition) is 2. The molecule has 1 unspecified atom stereocenters. The largest absolute Gasteiger partial charge is 0.297 e.